The zero-order valence-electron chi connectivity index (χ0n) is 17.8. The molecule has 1 saturated carbocycles. The summed E-state index contributed by atoms with van der Waals surface area (Å²) in [4.78, 5) is 9.80. The van der Waals surface area contributed by atoms with Gasteiger partial charge in [0.2, 0.25) is 0 Å². The van der Waals surface area contributed by atoms with Gasteiger partial charge in [0.15, 0.2) is 5.65 Å². The molecule has 2 aromatic carbocycles. The summed E-state index contributed by atoms with van der Waals surface area (Å²) in [6, 6.07) is 19.1. The fourth-order valence-electron chi connectivity index (χ4n) is 4.35. The maximum atomic E-state index is 5.47. The molecule has 0 saturated heterocycles. The first-order valence-corrected chi connectivity index (χ1v) is 11.4. The van der Waals surface area contributed by atoms with Gasteiger partial charge in [0, 0.05) is 30.9 Å². The number of anilines is 1. The van der Waals surface area contributed by atoms with Crippen LogP contribution in [-0.4, -0.2) is 38.7 Å². The van der Waals surface area contributed by atoms with Crippen LogP contribution in [0.5, 0.6) is 0 Å². The highest BCUT2D eigenvalue weighted by Gasteiger charge is 2.26. The van der Waals surface area contributed by atoms with E-state index < -0.39 is 0 Å². The van der Waals surface area contributed by atoms with Gasteiger partial charge in [0.05, 0.1) is 12.3 Å². The van der Waals surface area contributed by atoms with E-state index in [9.17, 15) is 0 Å². The zero-order valence-corrected chi connectivity index (χ0v) is 18.7. The summed E-state index contributed by atoms with van der Waals surface area (Å²) in [6.45, 7) is 0.553. The first-order chi connectivity index (χ1) is 15.7. The van der Waals surface area contributed by atoms with Gasteiger partial charge in [0.25, 0.3) is 0 Å². The molecule has 2 unspecified atom stereocenters. The summed E-state index contributed by atoms with van der Waals surface area (Å²) >= 11 is 0.975. The molecule has 0 bridgehead atoms. The fourth-order valence-corrected chi connectivity index (χ4v) is 4.54. The van der Waals surface area contributed by atoms with Crippen LogP contribution in [-0.2, 0) is 9.22 Å². The van der Waals surface area contributed by atoms with Crippen LogP contribution in [0.4, 0.5) is 5.82 Å². The minimum Gasteiger partial charge on any atom is -0.367 e. The third-order valence-electron chi connectivity index (χ3n) is 5.82. The Kier molecular flexibility index (Phi) is 6.24. The van der Waals surface area contributed by atoms with Gasteiger partial charge in [-0.05, 0) is 42.0 Å². The second-order valence-corrected chi connectivity index (χ2v) is 9.01. The standard InChI is InChI=1S/C23H26N6O2S/c1-28(24)32-31-30-15-16-9-10-18(13-16)26-22-11-12-25-23-14-21(27-29(22)23)20-8-4-6-17-5-2-3-7-19(17)20/h2-8,11-12,14,16,18,26H,9-10,13,15,24H2,1H3. The number of hydrogen-bond acceptors (Lipinski definition) is 8. The summed E-state index contributed by atoms with van der Waals surface area (Å²) in [5.41, 5.74) is 2.85. The lowest BCUT2D eigenvalue weighted by atomic mass is 10.0. The minimum absolute atomic E-state index is 0.351. The lowest BCUT2D eigenvalue weighted by Crippen LogP contribution is -2.19. The molecule has 1 aliphatic rings. The van der Waals surface area contributed by atoms with Crippen LogP contribution in [0.15, 0.2) is 60.8 Å². The lowest BCUT2D eigenvalue weighted by molar-refractivity contribution is -0.203. The zero-order chi connectivity index (χ0) is 21.9. The molecule has 2 atom stereocenters. The van der Waals surface area contributed by atoms with E-state index in [0.29, 0.717) is 18.6 Å². The number of nitrogens with two attached hydrogens (primary N) is 1. The first-order valence-electron chi connectivity index (χ1n) is 10.7. The number of benzene rings is 2. The summed E-state index contributed by atoms with van der Waals surface area (Å²) in [7, 11) is 1.69. The molecule has 2 heterocycles. The van der Waals surface area contributed by atoms with Crippen molar-refractivity contribution < 1.29 is 9.22 Å². The van der Waals surface area contributed by atoms with Crippen LogP contribution in [0.25, 0.3) is 27.7 Å². The van der Waals surface area contributed by atoms with Gasteiger partial charge in [-0.1, -0.05) is 42.5 Å². The summed E-state index contributed by atoms with van der Waals surface area (Å²) in [6.07, 6.45) is 4.99. The molecule has 0 spiro atoms. The van der Waals surface area contributed by atoms with Crippen LogP contribution < -0.4 is 11.2 Å². The van der Waals surface area contributed by atoms with Gasteiger partial charge in [0.1, 0.15) is 18.0 Å². The second-order valence-electron chi connectivity index (χ2n) is 8.15. The van der Waals surface area contributed by atoms with Gasteiger partial charge in [-0.25, -0.2) is 9.87 Å². The quantitative estimate of drug-likeness (QED) is 0.102. The number of aromatic nitrogens is 3. The van der Waals surface area contributed by atoms with E-state index >= 15 is 0 Å². The van der Waals surface area contributed by atoms with Crippen molar-refractivity contribution in [1.82, 2.24) is 19.0 Å². The van der Waals surface area contributed by atoms with E-state index in [1.54, 1.807) is 7.05 Å². The molecule has 1 aliphatic carbocycles. The number of fused-ring (bicyclic) bond motifs is 2. The van der Waals surface area contributed by atoms with Gasteiger partial charge in [-0.15, -0.1) is 4.33 Å². The van der Waals surface area contributed by atoms with Crippen LogP contribution in [0.3, 0.4) is 0 Å². The van der Waals surface area contributed by atoms with Crippen molar-refractivity contribution in [3.8, 4) is 11.3 Å². The maximum Gasteiger partial charge on any atom is 0.157 e. The molecule has 5 rings (SSSR count). The van der Waals surface area contributed by atoms with E-state index in [1.165, 1.54) is 15.2 Å². The molecule has 8 nitrogen and oxygen atoms in total. The highest BCUT2D eigenvalue weighted by molar-refractivity contribution is 7.92. The highest BCUT2D eigenvalue weighted by Crippen LogP contribution is 2.31. The number of hydrogen-bond donors (Lipinski definition) is 2. The van der Waals surface area contributed by atoms with Crippen molar-refractivity contribution in [3.63, 3.8) is 0 Å². The van der Waals surface area contributed by atoms with E-state index in [2.05, 4.69) is 52.8 Å². The lowest BCUT2D eigenvalue weighted by Gasteiger charge is -2.15. The van der Waals surface area contributed by atoms with Crippen LogP contribution in [0.2, 0.25) is 0 Å². The van der Waals surface area contributed by atoms with Crippen LogP contribution in [0.1, 0.15) is 19.3 Å². The van der Waals surface area contributed by atoms with Crippen molar-refractivity contribution in [1.29, 1.82) is 0 Å². The smallest absolute Gasteiger partial charge is 0.157 e. The molecule has 0 aliphatic heterocycles. The summed E-state index contributed by atoms with van der Waals surface area (Å²) in [5.74, 6) is 6.86. The molecule has 166 valence electrons. The predicted octanol–water partition coefficient (Wildman–Crippen LogP) is 4.45. The average Bonchev–Trinajstić information content (AvgIpc) is 3.44. The Morgan fingerprint density at radius 1 is 1.19 bits per heavy atom. The highest BCUT2D eigenvalue weighted by atomic mass is 32.2. The maximum absolute atomic E-state index is 5.47. The summed E-state index contributed by atoms with van der Waals surface area (Å²) < 4.78 is 8.27. The number of hydrazine groups is 1. The van der Waals surface area contributed by atoms with Crippen molar-refractivity contribution in [2.45, 2.75) is 25.3 Å². The molecule has 2 aromatic heterocycles. The predicted molar refractivity (Wildman–Crippen MR) is 127 cm³/mol. The Bertz CT molecular complexity index is 1210. The number of nitrogens with zero attached hydrogens (tertiary/aromatic N) is 4. The van der Waals surface area contributed by atoms with E-state index in [1.807, 2.05) is 22.8 Å². The Labute approximate surface area is 190 Å². The molecule has 0 amide bonds. The van der Waals surface area contributed by atoms with Crippen LogP contribution in [0, 0.1) is 5.92 Å². The molecule has 32 heavy (non-hydrogen) atoms. The van der Waals surface area contributed by atoms with Crippen molar-refractivity contribution in [2.24, 2.45) is 11.8 Å². The van der Waals surface area contributed by atoms with Crippen LogP contribution >= 0.6 is 12.2 Å². The van der Waals surface area contributed by atoms with Gasteiger partial charge in [-0.2, -0.15) is 14.0 Å². The molecule has 0 radical (unpaired) electrons. The van der Waals surface area contributed by atoms with E-state index in [-0.39, 0.29) is 0 Å². The monoisotopic (exact) mass is 450 g/mol. The third-order valence-corrected chi connectivity index (χ3v) is 6.21. The molecule has 4 aromatic rings. The second kappa shape index (κ2) is 9.43. The minimum atomic E-state index is 0.351. The average molecular weight is 451 g/mol. The topological polar surface area (TPSA) is 89.9 Å². The van der Waals surface area contributed by atoms with Gasteiger partial charge >= 0.3 is 0 Å². The first kappa shape index (κ1) is 21.2. The van der Waals surface area contributed by atoms with Crippen molar-refractivity contribution >= 4 is 34.5 Å². The molecule has 3 N–H and O–H groups in total. The normalized spacial score (nSPS) is 18.7. The number of rotatable bonds is 8. The van der Waals surface area contributed by atoms with Crippen molar-refractivity contribution in [2.75, 3.05) is 19.0 Å². The summed E-state index contributed by atoms with van der Waals surface area (Å²) in [5, 5.41) is 10.9. The fraction of sp³-hybridized carbons (Fsp3) is 0.304. The molecular weight excluding hydrogens is 424 g/mol. The molecule has 9 heteroatoms. The Hall–Kier alpha value is -2.69. The van der Waals surface area contributed by atoms with Gasteiger partial charge in [-0.3, -0.25) is 5.84 Å². The number of nitrogens with one attached hydrogen (secondary N) is 1. The van der Waals surface area contributed by atoms with E-state index in [4.69, 9.17) is 20.2 Å². The Morgan fingerprint density at radius 2 is 2.06 bits per heavy atom. The third kappa shape index (κ3) is 4.57. The van der Waals surface area contributed by atoms with E-state index in [0.717, 1.165) is 54.2 Å². The Morgan fingerprint density at radius 3 is 2.97 bits per heavy atom. The van der Waals surface area contributed by atoms with Gasteiger partial charge < -0.3 is 5.32 Å². The largest absolute Gasteiger partial charge is 0.367 e. The Balaban J connectivity index is 1.31. The SMILES string of the molecule is CN(N)SOOCC1CCC(Nc2ccnc3cc(-c4cccc5ccccc45)nn23)C1. The van der Waals surface area contributed by atoms with Crippen molar-refractivity contribution in [3.05, 3.63) is 60.8 Å². The molecule has 1 fully saturated rings. The molecular formula is C23H26N6O2S.